The first-order valence-electron chi connectivity index (χ1n) is 28.8. The van der Waals surface area contributed by atoms with Gasteiger partial charge in [0.05, 0.1) is 0 Å². The van der Waals surface area contributed by atoms with Gasteiger partial charge in [0.2, 0.25) is 0 Å². The van der Waals surface area contributed by atoms with Gasteiger partial charge >= 0.3 is 17.9 Å². The van der Waals surface area contributed by atoms with E-state index in [9.17, 15) is 14.4 Å². The minimum Gasteiger partial charge on any atom is -0.462 e. The molecular weight excluding hydrogens is 829 g/mol. The molecule has 0 aliphatic heterocycles. The SMILES string of the molecule is CCCCC/C=C\C/C=C\CCCCCCCC(=O)OC[C@H](COC(=O)CCC/C=C\C/C=C\C/C=C\CCCCCCCC)OC(=O)CCCCCCCCCCCCCCCCCCC. The molecule has 0 aromatic carbocycles. The molecule has 0 aliphatic carbocycles. The first-order chi connectivity index (χ1) is 33.0. The lowest BCUT2D eigenvalue weighted by molar-refractivity contribution is -0.167. The van der Waals surface area contributed by atoms with Crippen LogP contribution in [-0.2, 0) is 28.6 Å². The molecule has 6 nitrogen and oxygen atoms in total. The summed E-state index contributed by atoms with van der Waals surface area (Å²) in [6.45, 7) is 6.58. The zero-order valence-corrected chi connectivity index (χ0v) is 44.4. The van der Waals surface area contributed by atoms with Crippen LogP contribution in [0.1, 0.15) is 290 Å². The summed E-state index contributed by atoms with van der Waals surface area (Å²) in [4.78, 5) is 38.1. The Morgan fingerprint density at radius 1 is 0.299 bits per heavy atom. The van der Waals surface area contributed by atoms with E-state index in [2.05, 4.69) is 81.5 Å². The molecule has 67 heavy (non-hydrogen) atoms. The summed E-state index contributed by atoms with van der Waals surface area (Å²) in [6.07, 6.45) is 69.3. The third-order valence-corrected chi connectivity index (χ3v) is 12.5. The van der Waals surface area contributed by atoms with Gasteiger partial charge in [-0.05, 0) is 83.5 Å². The summed E-state index contributed by atoms with van der Waals surface area (Å²) in [6, 6.07) is 0. The number of hydrogen-bond acceptors (Lipinski definition) is 6. The number of carbonyl (C=O) groups is 3. The smallest absolute Gasteiger partial charge is 0.306 e. The third kappa shape index (κ3) is 53.9. The van der Waals surface area contributed by atoms with Gasteiger partial charge in [0.1, 0.15) is 13.2 Å². The predicted molar refractivity (Wildman–Crippen MR) is 288 cm³/mol. The molecule has 0 amide bonds. The second-order valence-corrected chi connectivity index (χ2v) is 19.2. The number of unbranched alkanes of at least 4 members (excludes halogenated alkanes) is 31. The van der Waals surface area contributed by atoms with Gasteiger partial charge in [0.25, 0.3) is 0 Å². The summed E-state index contributed by atoms with van der Waals surface area (Å²) in [5, 5.41) is 0. The monoisotopic (exact) mass is 937 g/mol. The Morgan fingerprint density at radius 3 is 0.925 bits per heavy atom. The Labute approximate surface area is 415 Å². The molecule has 1 atom stereocenters. The third-order valence-electron chi connectivity index (χ3n) is 12.5. The van der Waals surface area contributed by atoms with Crippen LogP contribution in [-0.4, -0.2) is 37.2 Å². The van der Waals surface area contributed by atoms with E-state index in [-0.39, 0.29) is 37.5 Å². The van der Waals surface area contributed by atoms with E-state index in [1.54, 1.807) is 0 Å². The first kappa shape index (κ1) is 64.1. The van der Waals surface area contributed by atoms with Gasteiger partial charge in [-0.15, -0.1) is 0 Å². The van der Waals surface area contributed by atoms with Gasteiger partial charge < -0.3 is 14.2 Å². The summed E-state index contributed by atoms with van der Waals surface area (Å²) in [5.41, 5.74) is 0. The van der Waals surface area contributed by atoms with E-state index in [0.29, 0.717) is 19.3 Å². The van der Waals surface area contributed by atoms with Crippen LogP contribution < -0.4 is 0 Å². The van der Waals surface area contributed by atoms with Gasteiger partial charge in [-0.3, -0.25) is 14.4 Å². The van der Waals surface area contributed by atoms with Crippen molar-refractivity contribution in [2.24, 2.45) is 0 Å². The Bertz CT molecular complexity index is 1210. The Balaban J connectivity index is 4.45. The molecule has 388 valence electrons. The quantitative estimate of drug-likeness (QED) is 0.0262. The van der Waals surface area contributed by atoms with Crippen molar-refractivity contribution in [1.82, 2.24) is 0 Å². The molecule has 0 bridgehead atoms. The van der Waals surface area contributed by atoms with Crippen LogP contribution in [0.4, 0.5) is 0 Å². The van der Waals surface area contributed by atoms with Crippen LogP contribution in [0.25, 0.3) is 0 Å². The maximum atomic E-state index is 12.9. The van der Waals surface area contributed by atoms with E-state index in [1.807, 2.05) is 0 Å². The van der Waals surface area contributed by atoms with Crippen molar-refractivity contribution in [3.63, 3.8) is 0 Å². The molecular formula is C61H108O6. The van der Waals surface area contributed by atoms with Crippen molar-refractivity contribution in [1.29, 1.82) is 0 Å². The second kappa shape index (κ2) is 55.7. The van der Waals surface area contributed by atoms with E-state index in [4.69, 9.17) is 14.2 Å². The zero-order chi connectivity index (χ0) is 48.6. The van der Waals surface area contributed by atoms with Gasteiger partial charge in [-0.1, -0.05) is 248 Å². The van der Waals surface area contributed by atoms with Crippen molar-refractivity contribution < 1.29 is 28.6 Å². The number of rotatable bonds is 52. The highest BCUT2D eigenvalue weighted by molar-refractivity contribution is 5.71. The Morgan fingerprint density at radius 2 is 0.552 bits per heavy atom. The number of ether oxygens (including phenoxy) is 3. The van der Waals surface area contributed by atoms with Crippen LogP contribution in [0, 0.1) is 0 Å². The van der Waals surface area contributed by atoms with Gasteiger partial charge in [-0.2, -0.15) is 0 Å². The lowest BCUT2D eigenvalue weighted by Gasteiger charge is -2.18. The molecule has 0 aromatic heterocycles. The first-order valence-corrected chi connectivity index (χ1v) is 28.8. The van der Waals surface area contributed by atoms with Crippen LogP contribution >= 0.6 is 0 Å². The molecule has 6 heteroatoms. The fraction of sp³-hybridized carbons (Fsp3) is 0.787. The van der Waals surface area contributed by atoms with Gasteiger partial charge in [0, 0.05) is 19.3 Å². The topological polar surface area (TPSA) is 78.9 Å². The highest BCUT2D eigenvalue weighted by Gasteiger charge is 2.19. The Hall–Kier alpha value is -2.89. The highest BCUT2D eigenvalue weighted by Crippen LogP contribution is 2.16. The average Bonchev–Trinajstić information content (AvgIpc) is 3.33. The number of hydrogen-bond donors (Lipinski definition) is 0. The van der Waals surface area contributed by atoms with E-state index < -0.39 is 6.10 Å². The van der Waals surface area contributed by atoms with Crippen LogP contribution in [0.3, 0.4) is 0 Å². The standard InChI is InChI=1S/C61H108O6/c1-4-7-10-13-16-19-22-25-28-30-33-36-39-42-45-48-51-54-60(63)66-57-58(56-65-59(62)53-50-47-44-41-38-35-32-27-24-21-18-15-12-9-6-3)67-61(64)55-52-49-46-43-40-37-34-31-29-26-23-20-17-14-11-8-5-2/h18,21,25,27-28,32-33,36,42,45,58H,4-17,19-20,22-24,26,29-31,34-35,37-41,43-44,46-57H2,1-3H3/b21-18-,28-25-,32-27-,36-33-,45-42-/t58-/m1/s1. The van der Waals surface area contributed by atoms with Crippen LogP contribution in [0.15, 0.2) is 60.8 Å². The van der Waals surface area contributed by atoms with Crippen molar-refractivity contribution in [2.75, 3.05) is 13.2 Å². The maximum Gasteiger partial charge on any atom is 0.306 e. The molecule has 0 heterocycles. The fourth-order valence-electron chi connectivity index (χ4n) is 8.14. The number of carbonyl (C=O) groups excluding carboxylic acids is 3. The summed E-state index contributed by atoms with van der Waals surface area (Å²) >= 11 is 0. The highest BCUT2D eigenvalue weighted by atomic mass is 16.6. The predicted octanol–water partition coefficient (Wildman–Crippen LogP) is 19.2. The van der Waals surface area contributed by atoms with E-state index in [0.717, 1.165) is 77.0 Å². The second-order valence-electron chi connectivity index (χ2n) is 19.2. The van der Waals surface area contributed by atoms with E-state index in [1.165, 1.54) is 167 Å². The molecule has 0 saturated carbocycles. The minimum absolute atomic E-state index is 0.0949. The molecule has 0 aromatic rings. The number of esters is 3. The summed E-state index contributed by atoms with van der Waals surface area (Å²) in [5.74, 6) is -0.949. The van der Waals surface area contributed by atoms with Crippen molar-refractivity contribution >= 4 is 17.9 Å². The molecule has 0 fully saturated rings. The number of allylic oxidation sites excluding steroid dienone is 10. The van der Waals surface area contributed by atoms with Crippen molar-refractivity contribution in [2.45, 2.75) is 297 Å². The molecule has 0 saturated heterocycles. The molecule has 0 spiro atoms. The summed E-state index contributed by atoms with van der Waals surface area (Å²) < 4.78 is 16.8. The summed E-state index contributed by atoms with van der Waals surface area (Å²) in [7, 11) is 0. The molecule has 0 rings (SSSR count). The maximum absolute atomic E-state index is 12.9. The van der Waals surface area contributed by atoms with Gasteiger partial charge in [0.15, 0.2) is 6.10 Å². The molecule has 0 N–H and O–H groups in total. The largest absolute Gasteiger partial charge is 0.462 e. The van der Waals surface area contributed by atoms with Crippen molar-refractivity contribution in [3.05, 3.63) is 60.8 Å². The van der Waals surface area contributed by atoms with Crippen LogP contribution in [0.2, 0.25) is 0 Å². The minimum atomic E-state index is -0.798. The average molecular weight is 938 g/mol. The van der Waals surface area contributed by atoms with E-state index >= 15 is 0 Å². The van der Waals surface area contributed by atoms with Crippen LogP contribution in [0.5, 0.6) is 0 Å². The molecule has 0 aliphatic rings. The lowest BCUT2D eigenvalue weighted by atomic mass is 10.0. The molecule has 0 radical (unpaired) electrons. The van der Waals surface area contributed by atoms with Crippen molar-refractivity contribution in [3.8, 4) is 0 Å². The Kier molecular flexibility index (Phi) is 53.3. The van der Waals surface area contributed by atoms with Gasteiger partial charge in [-0.25, -0.2) is 0 Å². The lowest BCUT2D eigenvalue weighted by Crippen LogP contribution is -2.30. The fourth-order valence-corrected chi connectivity index (χ4v) is 8.14. The normalized spacial score (nSPS) is 12.5. The zero-order valence-electron chi connectivity index (χ0n) is 44.4. The molecule has 0 unspecified atom stereocenters.